The summed E-state index contributed by atoms with van der Waals surface area (Å²) in [6.45, 7) is 0. The second-order valence-corrected chi connectivity index (χ2v) is 5.89. The summed E-state index contributed by atoms with van der Waals surface area (Å²) >= 11 is 3.47. The smallest absolute Gasteiger partial charge is 0.275 e. The first-order valence-corrected chi connectivity index (χ1v) is 8.00. The molecule has 0 aliphatic carbocycles. The molecule has 0 bridgehead atoms. The van der Waals surface area contributed by atoms with Crippen LogP contribution >= 0.6 is 15.9 Å². The van der Waals surface area contributed by atoms with Gasteiger partial charge in [0, 0.05) is 10.0 Å². The largest absolute Gasteiger partial charge is 0.493 e. The van der Waals surface area contributed by atoms with Crippen LogP contribution in [0, 0.1) is 0 Å². The molecule has 0 spiro atoms. The van der Waals surface area contributed by atoms with E-state index in [-0.39, 0.29) is 5.91 Å². The lowest BCUT2D eigenvalue weighted by atomic mass is 10.1. The summed E-state index contributed by atoms with van der Waals surface area (Å²) in [5, 5.41) is 2.79. The van der Waals surface area contributed by atoms with Crippen molar-refractivity contribution in [3.8, 4) is 11.5 Å². The van der Waals surface area contributed by atoms with Crippen LogP contribution in [0.1, 0.15) is 11.1 Å². The number of ether oxygens (including phenoxy) is 2. The van der Waals surface area contributed by atoms with Crippen molar-refractivity contribution in [3.05, 3.63) is 63.8 Å². The number of carbonyl (C=O) groups excluding carboxylic acids is 1. The van der Waals surface area contributed by atoms with Crippen molar-refractivity contribution in [2.24, 2.45) is 4.99 Å². The van der Waals surface area contributed by atoms with E-state index in [1.165, 1.54) is 0 Å². The highest BCUT2D eigenvalue weighted by molar-refractivity contribution is 9.10. The van der Waals surface area contributed by atoms with Crippen LogP contribution in [-0.2, 0) is 4.79 Å². The summed E-state index contributed by atoms with van der Waals surface area (Å²) < 4.78 is 11.4. The molecule has 0 saturated heterocycles. The number of amides is 1. The lowest BCUT2D eigenvalue weighted by Gasteiger charge is -2.07. The van der Waals surface area contributed by atoms with Gasteiger partial charge >= 0.3 is 0 Å². The van der Waals surface area contributed by atoms with Gasteiger partial charge in [0.15, 0.2) is 11.5 Å². The molecule has 2 aromatic carbocycles. The van der Waals surface area contributed by atoms with Gasteiger partial charge in [0.2, 0.25) is 0 Å². The quantitative estimate of drug-likeness (QED) is 0.819. The van der Waals surface area contributed by atoms with E-state index in [0.717, 1.165) is 15.6 Å². The SMILES string of the molecule is COc1ccc(/C=C2/N=C(c3ccccc3Br)NC2=O)cc1OC. The van der Waals surface area contributed by atoms with Gasteiger partial charge < -0.3 is 14.8 Å². The number of nitrogens with zero attached hydrogens (tertiary/aromatic N) is 1. The monoisotopic (exact) mass is 386 g/mol. The molecule has 1 amide bonds. The van der Waals surface area contributed by atoms with Gasteiger partial charge in [-0.2, -0.15) is 0 Å². The second-order valence-electron chi connectivity index (χ2n) is 5.04. The maximum atomic E-state index is 12.2. The average molecular weight is 387 g/mol. The summed E-state index contributed by atoms with van der Waals surface area (Å²) in [5.41, 5.74) is 1.98. The number of nitrogens with one attached hydrogen (secondary N) is 1. The molecule has 0 fully saturated rings. The van der Waals surface area contributed by atoms with E-state index in [1.807, 2.05) is 30.3 Å². The molecule has 122 valence electrons. The first-order chi connectivity index (χ1) is 11.6. The molecule has 3 rings (SSSR count). The van der Waals surface area contributed by atoms with E-state index in [9.17, 15) is 4.79 Å². The van der Waals surface area contributed by atoms with Crippen LogP contribution in [0.15, 0.2) is 57.6 Å². The summed E-state index contributed by atoms with van der Waals surface area (Å²) in [7, 11) is 3.15. The molecule has 0 saturated carbocycles. The fourth-order valence-electron chi connectivity index (χ4n) is 2.35. The van der Waals surface area contributed by atoms with Crippen molar-refractivity contribution in [3.63, 3.8) is 0 Å². The summed E-state index contributed by atoms with van der Waals surface area (Å²) in [5.74, 6) is 1.52. The number of rotatable bonds is 4. The number of halogens is 1. The Balaban J connectivity index is 1.96. The van der Waals surface area contributed by atoms with E-state index in [4.69, 9.17) is 9.47 Å². The lowest BCUT2D eigenvalue weighted by molar-refractivity contribution is -0.115. The van der Waals surface area contributed by atoms with Crippen molar-refractivity contribution >= 4 is 33.7 Å². The van der Waals surface area contributed by atoms with Crippen LogP contribution in [0.4, 0.5) is 0 Å². The van der Waals surface area contributed by atoms with Crippen molar-refractivity contribution in [1.82, 2.24) is 5.32 Å². The van der Waals surface area contributed by atoms with Gasteiger partial charge in [-0.15, -0.1) is 0 Å². The highest BCUT2D eigenvalue weighted by atomic mass is 79.9. The Bertz CT molecular complexity index is 859. The van der Waals surface area contributed by atoms with E-state index in [1.54, 1.807) is 32.4 Å². The molecule has 2 aromatic rings. The minimum Gasteiger partial charge on any atom is -0.493 e. The van der Waals surface area contributed by atoms with Gasteiger partial charge in [0.1, 0.15) is 11.5 Å². The number of aliphatic imine (C=N–C) groups is 1. The first-order valence-electron chi connectivity index (χ1n) is 7.21. The fraction of sp³-hybridized carbons (Fsp3) is 0.111. The zero-order valence-corrected chi connectivity index (χ0v) is 14.8. The lowest BCUT2D eigenvalue weighted by Crippen LogP contribution is -2.25. The molecular formula is C18H15BrN2O3. The highest BCUT2D eigenvalue weighted by Gasteiger charge is 2.22. The molecule has 0 aromatic heterocycles. The number of benzene rings is 2. The predicted octanol–water partition coefficient (Wildman–Crippen LogP) is 3.38. The summed E-state index contributed by atoms with van der Waals surface area (Å²) in [6, 6.07) is 13.0. The van der Waals surface area contributed by atoms with Crippen LogP contribution in [0.5, 0.6) is 11.5 Å². The Morgan fingerprint density at radius 3 is 2.54 bits per heavy atom. The predicted molar refractivity (Wildman–Crippen MR) is 96.3 cm³/mol. The van der Waals surface area contributed by atoms with E-state index in [0.29, 0.717) is 23.0 Å². The van der Waals surface area contributed by atoms with E-state index in [2.05, 4.69) is 26.2 Å². The Hall–Kier alpha value is -2.60. The Labute approximate surface area is 148 Å². The van der Waals surface area contributed by atoms with Gasteiger partial charge in [-0.05, 0) is 29.8 Å². The van der Waals surface area contributed by atoms with Crippen molar-refractivity contribution in [1.29, 1.82) is 0 Å². The standard InChI is InChI=1S/C18H15BrN2O3/c1-23-15-8-7-11(10-16(15)24-2)9-14-18(22)21-17(20-14)12-5-3-4-6-13(12)19/h3-10H,1-2H3,(H,20,21,22)/b14-9+. The topological polar surface area (TPSA) is 59.9 Å². The Morgan fingerprint density at radius 2 is 1.83 bits per heavy atom. The summed E-state index contributed by atoms with van der Waals surface area (Å²) in [4.78, 5) is 16.6. The zero-order chi connectivity index (χ0) is 17.1. The number of carbonyl (C=O) groups is 1. The van der Waals surface area contributed by atoms with Crippen LogP contribution in [-0.4, -0.2) is 26.0 Å². The molecule has 1 aliphatic rings. The average Bonchev–Trinajstić information content (AvgIpc) is 2.95. The molecule has 24 heavy (non-hydrogen) atoms. The first kappa shape index (κ1) is 16.3. The third-order valence-corrected chi connectivity index (χ3v) is 4.23. The maximum Gasteiger partial charge on any atom is 0.275 e. The maximum absolute atomic E-state index is 12.2. The van der Waals surface area contributed by atoms with Crippen molar-refractivity contribution < 1.29 is 14.3 Å². The van der Waals surface area contributed by atoms with Crippen LogP contribution in [0.2, 0.25) is 0 Å². The molecule has 6 heteroatoms. The Kier molecular flexibility index (Phi) is 4.66. The number of methoxy groups -OCH3 is 2. The van der Waals surface area contributed by atoms with E-state index < -0.39 is 0 Å². The molecule has 1 N–H and O–H groups in total. The summed E-state index contributed by atoms with van der Waals surface area (Å²) in [6.07, 6.45) is 1.71. The third-order valence-electron chi connectivity index (χ3n) is 3.54. The molecular weight excluding hydrogens is 372 g/mol. The minimum absolute atomic E-state index is 0.240. The zero-order valence-electron chi connectivity index (χ0n) is 13.2. The van der Waals surface area contributed by atoms with Gasteiger partial charge in [0.05, 0.1) is 14.2 Å². The normalized spacial score (nSPS) is 15.2. The van der Waals surface area contributed by atoms with Crippen LogP contribution in [0.25, 0.3) is 6.08 Å². The van der Waals surface area contributed by atoms with Gasteiger partial charge in [-0.3, -0.25) is 4.79 Å². The molecule has 0 atom stereocenters. The highest BCUT2D eigenvalue weighted by Crippen LogP contribution is 2.29. The van der Waals surface area contributed by atoms with E-state index >= 15 is 0 Å². The second kappa shape index (κ2) is 6.88. The van der Waals surface area contributed by atoms with Gasteiger partial charge in [0.25, 0.3) is 5.91 Å². The fourth-order valence-corrected chi connectivity index (χ4v) is 2.82. The van der Waals surface area contributed by atoms with Gasteiger partial charge in [-0.1, -0.05) is 40.2 Å². The molecule has 5 nitrogen and oxygen atoms in total. The van der Waals surface area contributed by atoms with Crippen molar-refractivity contribution in [2.45, 2.75) is 0 Å². The van der Waals surface area contributed by atoms with Crippen LogP contribution in [0.3, 0.4) is 0 Å². The molecule has 1 aliphatic heterocycles. The molecule has 0 unspecified atom stereocenters. The number of hydrogen-bond acceptors (Lipinski definition) is 4. The minimum atomic E-state index is -0.240. The molecule has 0 radical (unpaired) electrons. The van der Waals surface area contributed by atoms with Crippen LogP contribution < -0.4 is 14.8 Å². The number of amidine groups is 1. The Morgan fingerprint density at radius 1 is 1.08 bits per heavy atom. The van der Waals surface area contributed by atoms with Gasteiger partial charge in [-0.25, -0.2) is 4.99 Å². The third kappa shape index (κ3) is 3.19. The number of hydrogen-bond donors (Lipinski definition) is 1. The molecule has 1 heterocycles. The van der Waals surface area contributed by atoms with Crippen molar-refractivity contribution in [2.75, 3.05) is 14.2 Å².